The summed E-state index contributed by atoms with van der Waals surface area (Å²) in [5, 5.41) is 24.4. The minimum absolute atomic E-state index is 0.0713. The average Bonchev–Trinajstić information content (AvgIpc) is 3.01. The van der Waals surface area contributed by atoms with E-state index < -0.39 is 5.91 Å². The summed E-state index contributed by atoms with van der Waals surface area (Å²) >= 11 is 0. The van der Waals surface area contributed by atoms with Crippen molar-refractivity contribution < 1.29 is 19.5 Å². The van der Waals surface area contributed by atoms with Crippen LogP contribution in [-0.4, -0.2) is 18.1 Å². The predicted molar refractivity (Wildman–Crippen MR) is 167 cm³/mol. The molecular weight excluding hydrogens is 528 g/mol. The second-order valence-electron chi connectivity index (χ2n) is 9.54. The maximum absolute atomic E-state index is 13.4. The zero-order valence-corrected chi connectivity index (χ0v) is 23.3. The molecule has 0 aliphatic rings. The first-order valence-corrected chi connectivity index (χ1v) is 13.3. The number of methoxy groups -OCH3 is 1. The number of carbonyl (C=O) groups is 1. The first-order chi connectivity index (χ1) is 20.5. The molecule has 0 atom stereocenters. The molecule has 5 aromatic rings. The molecule has 0 aromatic heterocycles. The van der Waals surface area contributed by atoms with Gasteiger partial charge in [-0.15, -0.1) is 10.2 Å². The van der Waals surface area contributed by atoms with Crippen LogP contribution in [0, 0.1) is 6.92 Å². The van der Waals surface area contributed by atoms with Crippen LogP contribution < -0.4 is 15.5 Å². The molecule has 210 valence electrons. The summed E-state index contributed by atoms with van der Waals surface area (Å²) in [4.78, 5) is 19.0. The zero-order chi connectivity index (χ0) is 29.5. The van der Waals surface area contributed by atoms with Crippen LogP contribution in [-0.2, 0) is 11.4 Å². The van der Waals surface area contributed by atoms with E-state index in [4.69, 9.17) is 9.57 Å². The Hall–Kier alpha value is -5.47. The van der Waals surface area contributed by atoms with E-state index >= 15 is 0 Å². The molecule has 0 fully saturated rings. The molecule has 5 rings (SSSR count). The lowest BCUT2D eigenvalue weighted by atomic mass is 10.0. The van der Waals surface area contributed by atoms with Gasteiger partial charge in [0.15, 0.2) is 5.75 Å². The molecule has 42 heavy (non-hydrogen) atoms. The third kappa shape index (κ3) is 6.29. The van der Waals surface area contributed by atoms with Gasteiger partial charge in [-0.05, 0) is 71.5 Å². The van der Waals surface area contributed by atoms with Gasteiger partial charge in [0.2, 0.25) is 0 Å². The monoisotopic (exact) mass is 558 g/mol. The normalized spacial score (nSPS) is 11.0. The summed E-state index contributed by atoms with van der Waals surface area (Å²) in [6, 6.07) is 29.6. The largest absolute Gasteiger partial charge is 0.505 e. The summed E-state index contributed by atoms with van der Waals surface area (Å²) in [5.74, 6) is -0.259. The molecular formula is C34H30N4O4. The molecule has 5 aromatic carbocycles. The van der Waals surface area contributed by atoms with Crippen LogP contribution >= 0.6 is 0 Å². The Kier molecular flexibility index (Phi) is 8.56. The maximum atomic E-state index is 13.4. The summed E-state index contributed by atoms with van der Waals surface area (Å²) in [6.07, 6.45) is 1.71. The number of aryl methyl sites for hydroxylation is 1. The van der Waals surface area contributed by atoms with Crippen LogP contribution in [0.15, 0.2) is 114 Å². The van der Waals surface area contributed by atoms with Crippen molar-refractivity contribution in [3.05, 3.63) is 126 Å². The maximum Gasteiger partial charge on any atom is 0.259 e. The number of fused-ring (bicyclic) bond motifs is 1. The molecule has 8 heteroatoms. The SMILES string of the molecule is C=Cc1ccc2c(N=Nc3cc(CONc4ccccc4)ccc3OC)c(O)c(C(=O)Nc3ccccc3C)cc2c1. The highest BCUT2D eigenvalue weighted by atomic mass is 16.6. The number of aromatic hydroxyl groups is 1. The van der Waals surface area contributed by atoms with Crippen LogP contribution in [0.4, 0.5) is 22.7 Å². The number of azo groups is 1. The van der Waals surface area contributed by atoms with E-state index in [1.54, 1.807) is 37.5 Å². The Labute approximate surface area is 243 Å². The van der Waals surface area contributed by atoms with Gasteiger partial charge in [0.25, 0.3) is 5.91 Å². The second kappa shape index (κ2) is 12.8. The van der Waals surface area contributed by atoms with Crippen molar-refractivity contribution >= 4 is 45.5 Å². The van der Waals surface area contributed by atoms with E-state index in [0.29, 0.717) is 27.9 Å². The number of anilines is 2. The lowest BCUT2D eigenvalue weighted by Gasteiger charge is -2.13. The Morgan fingerprint density at radius 2 is 1.74 bits per heavy atom. The van der Waals surface area contributed by atoms with Gasteiger partial charge in [-0.1, -0.05) is 67.3 Å². The van der Waals surface area contributed by atoms with Crippen LogP contribution in [0.1, 0.15) is 27.0 Å². The van der Waals surface area contributed by atoms with E-state index in [9.17, 15) is 9.90 Å². The smallest absolute Gasteiger partial charge is 0.259 e. The number of nitrogens with one attached hydrogen (secondary N) is 2. The van der Waals surface area contributed by atoms with Gasteiger partial charge in [-0.2, -0.15) is 0 Å². The number of rotatable bonds is 10. The van der Waals surface area contributed by atoms with E-state index in [2.05, 4.69) is 27.6 Å². The topological polar surface area (TPSA) is 105 Å². The lowest BCUT2D eigenvalue weighted by molar-refractivity contribution is 0.102. The number of hydrogen-bond acceptors (Lipinski definition) is 7. The molecule has 0 saturated carbocycles. The number of benzene rings is 5. The third-order valence-electron chi connectivity index (χ3n) is 6.69. The van der Waals surface area contributed by atoms with Crippen molar-refractivity contribution in [2.24, 2.45) is 10.2 Å². The molecule has 0 radical (unpaired) electrons. The Morgan fingerprint density at radius 1 is 0.952 bits per heavy atom. The summed E-state index contributed by atoms with van der Waals surface area (Å²) in [5.41, 5.74) is 7.64. The van der Waals surface area contributed by atoms with Gasteiger partial charge in [0.1, 0.15) is 17.1 Å². The molecule has 0 aliphatic heterocycles. The number of nitrogens with zero attached hydrogens (tertiary/aromatic N) is 2. The fourth-order valence-electron chi connectivity index (χ4n) is 4.42. The number of ether oxygens (including phenoxy) is 1. The zero-order valence-electron chi connectivity index (χ0n) is 23.3. The van der Waals surface area contributed by atoms with Gasteiger partial charge in [0, 0.05) is 11.1 Å². The van der Waals surface area contributed by atoms with Crippen molar-refractivity contribution in [3.8, 4) is 11.5 Å². The van der Waals surface area contributed by atoms with Gasteiger partial charge in [-0.3, -0.25) is 15.1 Å². The number of phenols is 1. The highest BCUT2D eigenvalue weighted by Crippen LogP contribution is 2.41. The van der Waals surface area contributed by atoms with E-state index in [1.165, 1.54) is 0 Å². The number of amides is 1. The van der Waals surface area contributed by atoms with Crippen LogP contribution in [0.25, 0.3) is 16.8 Å². The molecule has 0 saturated heterocycles. The number of carbonyl (C=O) groups excluding carboxylic acids is 1. The van der Waals surface area contributed by atoms with Crippen LogP contribution in [0.2, 0.25) is 0 Å². The van der Waals surface area contributed by atoms with E-state index in [-0.39, 0.29) is 23.6 Å². The fourth-order valence-corrected chi connectivity index (χ4v) is 4.42. The van der Waals surface area contributed by atoms with Crippen molar-refractivity contribution in [1.29, 1.82) is 0 Å². The van der Waals surface area contributed by atoms with Crippen molar-refractivity contribution in [1.82, 2.24) is 0 Å². The predicted octanol–water partition coefficient (Wildman–Crippen LogP) is 8.72. The Morgan fingerprint density at radius 3 is 2.50 bits per heavy atom. The summed E-state index contributed by atoms with van der Waals surface area (Å²) in [7, 11) is 1.54. The molecule has 0 spiro atoms. The Balaban J connectivity index is 1.49. The average molecular weight is 559 g/mol. The molecule has 0 bridgehead atoms. The molecule has 0 heterocycles. The fraction of sp³-hybridized carbons (Fsp3) is 0.0882. The highest BCUT2D eigenvalue weighted by Gasteiger charge is 2.19. The lowest BCUT2D eigenvalue weighted by Crippen LogP contribution is -2.13. The molecule has 8 nitrogen and oxygen atoms in total. The minimum Gasteiger partial charge on any atom is -0.505 e. The first kappa shape index (κ1) is 28.1. The number of hydrogen-bond donors (Lipinski definition) is 3. The Bertz CT molecular complexity index is 1780. The van der Waals surface area contributed by atoms with Crippen LogP contribution in [0.5, 0.6) is 11.5 Å². The first-order valence-electron chi connectivity index (χ1n) is 13.3. The summed E-state index contributed by atoms with van der Waals surface area (Å²) in [6.45, 7) is 6.00. The minimum atomic E-state index is -0.466. The van der Waals surface area contributed by atoms with Gasteiger partial charge >= 0.3 is 0 Å². The molecule has 0 unspecified atom stereocenters. The van der Waals surface area contributed by atoms with Gasteiger partial charge in [-0.25, -0.2) is 0 Å². The molecule has 0 aliphatic carbocycles. The van der Waals surface area contributed by atoms with E-state index in [1.807, 2.05) is 79.7 Å². The second-order valence-corrected chi connectivity index (χ2v) is 9.54. The summed E-state index contributed by atoms with van der Waals surface area (Å²) < 4.78 is 5.50. The number of para-hydroxylation sites is 2. The van der Waals surface area contributed by atoms with Crippen molar-refractivity contribution in [2.75, 3.05) is 17.9 Å². The quantitative estimate of drug-likeness (QED) is 0.117. The standard InChI is InChI=1S/C34H30N4O4/c1-4-23-14-16-27-25(18-23)20-28(34(40)35-29-13-9-8-10-22(29)2)33(39)32(27)37-36-30-19-24(15-17-31(30)41-3)21-42-38-26-11-6-5-7-12-26/h4-20,38-39H,1,21H2,2-3H3,(H,35,40). The van der Waals surface area contributed by atoms with Gasteiger partial charge < -0.3 is 15.2 Å². The molecule has 1 amide bonds. The van der Waals surface area contributed by atoms with Crippen molar-refractivity contribution in [2.45, 2.75) is 13.5 Å². The van der Waals surface area contributed by atoms with Gasteiger partial charge in [0.05, 0.1) is 25.0 Å². The van der Waals surface area contributed by atoms with E-state index in [0.717, 1.165) is 22.4 Å². The third-order valence-corrected chi connectivity index (χ3v) is 6.69. The molecule has 3 N–H and O–H groups in total. The number of phenolic OH excluding ortho intramolecular Hbond substituents is 1. The van der Waals surface area contributed by atoms with Crippen LogP contribution in [0.3, 0.4) is 0 Å². The highest BCUT2D eigenvalue weighted by molar-refractivity contribution is 6.12. The van der Waals surface area contributed by atoms with Crippen molar-refractivity contribution in [3.63, 3.8) is 0 Å².